The van der Waals surface area contributed by atoms with E-state index in [0.29, 0.717) is 12.8 Å². The van der Waals surface area contributed by atoms with E-state index in [1.165, 1.54) is 0 Å². The van der Waals surface area contributed by atoms with Crippen LogP contribution < -0.4 is 0 Å². The highest BCUT2D eigenvalue weighted by atomic mass is 16.6. The first kappa shape index (κ1) is 17.6. The molecule has 0 spiro atoms. The van der Waals surface area contributed by atoms with E-state index in [1.54, 1.807) is 26.8 Å². The Labute approximate surface area is 126 Å². The lowest BCUT2D eigenvalue weighted by atomic mass is 9.86. The molecule has 0 bridgehead atoms. The molecule has 1 rings (SSSR count). The number of Topliss-reactive ketones (excluding diaryl/α,β-unsaturated/α-hetero) is 2. The second kappa shape index (κ2) is 7.53. The molecule has 0 aromatic rings. The first-order chi connectivity index (χ1) is 9.74. The van der Waals surface area contributed by atoms with E-state index in [9.17, 15) is 14.4 Å². The minimum Gasteiger partial charge on any atom is -0.460 e. The lowest BCUT2D eigenvalue weighted by molar-refractivity contribution is -0.156. The van der Waals surface area contributed by atoms with Gasteiger partial charge in [-0.25, -0.2) is 0 Å². The van der Waals surface area contributed by atoms with Gasteiger partial charge in [0.2, 0.25) is 0 Å². The Hall–Kier alpha value is -1.45. The van der Waals surface area contributed by atoms with Crippen LogP contribution in [0.25, 0.3) is 0 Å². The van der Waals surface area contributed by atoms with Crippen molar-refractivity contribution in [2.45, 2.75) is 64.9 Å². The fraction of sp³-hybridized carbons (Fsp3) is 0.706. The lowest BCUT2D eigenvalue weighted by Gasteiger charge is -2.20. The topological polar surface area (TPSA) is 60.4 Å². The molecule has 0 aliphatic heterocycles. The number of ketones is 2. The Bertz CT molecular complexity index is 417. The summed E-state index contributed by atoms with van der Waals surface area (Å²) in [5.74, 6) is -1.65. The molecule has 4 nitrogen and oxygen atoms in total. The summed E-state index contributed by atoms with van der Waals surface area (Å²) in [4.78, 5) is 36.4. The van der Waals surface area contributed by atoms with Gasteiger partial charge < -0.3 is 4.74 Å². The monoisotopic (exact) mass is 294 g/mol. The van der Waals surface area contributed by atoms with Gasteiger partial charge in [0.25, 0.3) is 0 Å². The van der Waals surface area contributed by atoms with Gasteiger partial charge in [0.05, 0.1) is 5.92 Å². The zero-order valence-corrected chi connectivity index (χ0v) is 13.3. The van der Waals surface area contributed by atoms with Crippen LogP contribution >= 0.6 is 0 Å². The minimum absolute atomic E-state index is 0.0269. The molecule has 1 fully saturated rings. The van der Waals surface area contributed by atoms with Crippen LogP contribution in [0.1, 0.15) is 59.3 Å². The van der Waals surface area contributed by atoms with Crippen molar-refractivity contribution in [3.63, 3.8) is 0 Å². The molecule has 2 unspecified atom stereocenters. The fourth-order valence-electron chi connectivity index (χ4n) is 2.71. The molecular weight excluding hydrogens is 268 g/mol. The van der Waals surface area contributed by atoms with Crippen LogP contribution in [0.15, 0.2) is 12.7 Å². The summed E-state index contributed by atoms with van der Waals surface area (Å²) in [5.41, 5.74) is -0.615. The standard InChI is InChI=1S/C17H26O4/c1-5-8-12-9-6-7-10-13(16(12)20)14(18)11-15(19)21-17(2,3)4/h5,12-13H,1,6-11H2,2-4H3. The van der Waals surface area contributed by atoms with Gasteiger partial charge in [-0.15, -0.1) is 6.58 Å². The molecule has 0 heterocycles. The van der Waals surface area contributed by atoms with E-state index >= 15 is 0 Å². The fourth-order valence-corrected chi connectivity index (χ4v) is 2.71. The van der Waals surface area contributed by atoms with Crippen molar-refractivity contribution in [1.29, 1.82) is 0 Å². The van der Waals surface area contributed by atoms with E-state index in [2.05, 4.69) is 6.58 Å². The number of ether oxygens (including phenoxy) is 1. The van der Waals surface area contributed by atoms with E-state index in [1.807, 2.05) is 0 Å². The summed E-state index contributed by atoms with van der Waals surface area (Å²) in [6.07, 6.45) is 5.17. The van der Waals surface area contributed by atoms with Crippen LogP contribution in [0.5, 0.6) is 0 Å². The van der Waals surface area contributed by atoms with Crippen molar-refractivity contribution in [3.05, 3.63) is 12.7 Å². The molecule has 1 aliphatic carbocycles. The Kier molecular flexibility index (Phi) is 6.31. The highest BCUT2D eigenvalue weighted by Crippen LogP contribution is 2.28. The maximum absolute atomic E-state index is 12.4. The summed E-state index contributed by atoms with van der Waals surface area (Å²) in [5, 5.41) is 0. The van der Waals surface area contributed by atoms with Crippen molar-refractivity contribution in [2.24, 2.45) is 11.8 Å². The maximum Gasteiger partial charge on any atom is 0.313 e. The molecule has 21 heavy (non-hydrogen) atoms. The Morgan fingerprint density at radius 1 is 1.29 bits per heavy atom. The number of carbonyl (C=O) groups excluding carboxylic acids is 3. The summed E-state index contributed by atoms with van der Waals surface area (Å²) >= 11 is 0. The highest BCUT2D eigenvalue weighted by Gasteiger charge is 2.34. The molecule has 4 heteroatoms. The van der Waals surface area contributed by atoms with Gasteiger partial charge in [0, 0.05) is 5.92 Å². The van der Waals surface area contributed by atoms with Crippen molar-refractivity contribution in [1.82, 2.24) is 0 Å². The van der Waals surface area contributed by atoms with E-state index in [-0.39, 0.29) is 23.9 Å². The van der Waals surface area contributed by atoms with E-state index in [0.717, 1.165) is 19.3 Å². The third-order valence-electron chi connectivity index (χ3n) is 3.62. The predicted molar refractivity (Wildman–Crippen MR) is 80.7 cm³/mol. The van der Waals surface area contributed by atoms with Gasteiger partial charge in [-0.3, -0.25) is 14.4 Å². The highest BCUT2D eigenvalue weighted by molar-refractivity contribution is 6.08. The van der Waals surface area contributed by atoms with Crippen LogP contribution in [0.3, 0.4) is 0 Å². The minimum atomic E-state index is -0.648. The lowest BCUT2D eigenvalue weighted by Crippen LogP contribution is -2.32. The summed E-state index contributed by atoms with van der Waals surface area (Å²) in [6.45, 7) is 8.94. The molecule has 0 aromatic heterocycles. The largest absolute Gasteiger partial charge is 0.460 e. The normalized spacial score (nSPS) is 23.3. The Morgan fingerprint density at radius 3 is 2.48 bits per heavy atom. The molecule has 0 amide bonds. The van der Waals surface area contributed by atoms with Gasteiger partial charge in [0.15, 0.2) is 5.78 Å². The van der Waals surface area contributed by atoms with Gasteiger partial charge >= 0.3 is 5.97 Å². The van der Waals surface area contributed by atoms with Crippen molar-refractivity contribution >= 4 is 17.5 Å². The first-order valence-electron chi connectivity index (χ1n) is 7.63. The molecule has 0 N–H and O–H groups in total. The zero-order valence-electron chi connectivity index (χ0n) is 13.3. The van der Waals surface area contributed by atoms with E-state index < -0.39 is 17.5 Å². The molecule has 2 atom stereocenters. The van der Waals surface area contributed by atoms with Crippen LogP contribution in [0, 0.1) is 11.8 Å². The van der Waals surface area contributed by atoms with Crippen LogP contribution in [-0.4, -0.2) is 23.1 Å². The molecule has 1 saturated carbocycles. The van der Waals surface area contributed by atoms with Gasteiger partial charge in [-0.1, -0.05) is 18.9 Å². The Morgan fingerprint density at radius 2 is 1.90 bits per heavy atom. The van der Waals surface area contributed by atoms with Gasteiger partial charge in [-0.2, -0.15) is 0 Å². The maximum atomic E-state index is 12.4. The molecule has 0 aromatic carbocycles. The predicted octanol–water partition coefficient (Wildman–Crippen LogP) is 3.24. The first-order valence-corrected chi connectivity index (χ1v) is 7.63. The second-order valence-electron chi connectivity index (χ2n) is 6.69. The third-order valence-corrected chi connectivity index (χ3v) is 3.62. The van der Waals surface area contributed by atoms with Crippen molar-refractivity contribution < 1.29 is 19.1 Å². The number of allylic oxidation sites excluding steroid dienone is 1. The molecule has 0 radical (unpaired) electrons. The number of hydrogen-bond donors (Lipinski definition) is 0. The zero-order chi connectivity index (χ0) is 16.0. The summed E-state index contributed by atoms with van der Waals surface area (Å²) in [6, 6.07) is 0. The van der Waals surface area contributed by atoms with Crippen LogP contribution in [-0.2, 0) is 19.1 Å². The molecule has 118 valence electrons. The molecular formula is C17H26O4. The third kappa shape index (κ3) is 5.82. The smallest absolute Gasteiger partial charge is 0.313 e. The van der Waals surface area contributed by atoms with Crippen LogP contribution in [0.4, 0.5) is 0 Å². The average molecular weight is 294 g/mol. The SMILES string of the molecule is C=CCC1CCCCC(C(=O)CC(=O)OC(C)(C)C)C1=O. The Balaban J connectivity index is 2.68. The number of carbonyl (C=O) groups is 3. The van der Waals surface area contributed by atoms with Crippen molar-refractivity contribution in [2.75, 3.05) is 0 Å². The quantitative estimate of drug-likeness (QED) is 0.338. The number of hydrogen-bond acceptors (Lipinski definition) is 4. The number of rotatable bonds is 5. The van der Waals surface area contributed by atoms with Gasteiger partial charge in [0.1, 0.15) is 17.8 Å². The summed E-state index contributed by atoms with van der Waals surface area (Å²) in [7, 11) is 0. The number of esters is 1. The summed E-state index contributed by atoms with van der Waals surface area (Å²) < 4.78 is 5.15. The van der Waals surface area contributed by atoms with Crippen molar-refractivity contribution in [3.8, 4) is 0 Å². The second-order valence-corrected chi connectivity index (χ2v) is 6.69. The van der Waals surface area contributed by atoms with Gasteiger partial charge in [-0.05, 0) is 40.0 Å². The van der Waals surface area contributed by atoms with E-state index in [4.69, 9.17) is 4.74 Å². The average Bonchev–Trinajstić information content (AvgIpc) is 2.50. The van der Waals surface area contributed by atoms with Crippen LogP contribution in [0.2, 0.25) is 0 Å². The molecule has 0 saturated heterocycles. The molecule has 1 aliphatic rings.